The van der Waals surface area contributed by atoms with Crippen molar-refractivity contribution in [1.82, 2.24) is 20.0 Å². The van der Waals surface area contributed by atoms with Gasteiger partial charge in [-0.2, -0.15) is 4.98 Å². The Hall–Kier alpha value is -1.79. The van der Waals surface area contributed by atoms with Crippen LogP contribution >= 0.6 is 11.3 Å². The number of benzene rings is 1. The largest absolute Gasteiger partial charge is 0.338 e. The molecule has 0 spiro atoms. The van der Waals surface area contributed by atoms with Crippen molar-refractivity contribution in [2.45, 2.75) is 44.2 Å². The van der Waals surface area contributed by atoms with Gasteiger partial charge in [-0.1, -0.05) is 17.3 Å². The first-order chi connectivity index (χ1) is 11.4. The van der Waals surface area contributed by atoms with Crippen LogP contribution in [-0.2, 0) is 6.54 Å². The smallest absolute Gasteiger partial charge is 0.240 e. The highest BCUT2D eigenvalue weighted by Gasteiger charge is 2.32. The van der Waals surface area contributed by atoms with Crippen LogP contribution in [0.25, 0.3) is 10.2 Å². The van der Waals surface area contributed by atoms with Gasteiger partial charge in [0.15, 0.2) is 5.82 Å². The number of likely N-dealkylation sites (tertiary alicyclic amines) is 1. The minimum absolute atomic E-state index is 0.378. The maximum Gasteiger partial charge on any atom is 0.240 e. The Morgan fingerprint density at radius 3 is 2.96 bits per heavy atom. The van der Waals surface area contributed by atoms with Gasteiger partial charge < -0.3 is 4.52 Å². The Kier molecular flexibility index (Phi) is 3.19. The summed E-state index contributed by atoms with van der Waals surface area (Å²) in [7, 11) is 0. The summed E-state index contributed by atoms with van der Waals surface area (Å²) in [5, 5.41) is 5.34. The summed E-state index contributed by atoms with van der Waals surface area (Å²) in [5.41, 5.74) is 1.10. The highest BCUT2D eigenvalue weighted by atomic mass is 32.1. The van der Waals surface area contributed by atoms with Gasteiger partial charge in [-0.05, 0) is 44.4 Å². The number of nitrogens with zero attached hydrogens (tertiary/aromatic N) is 4. The lowest BCUT2D eigenvalue weighted by atomic mass is 10.2. The first-order valence-electron chi connectivity index (χ1n) is 8.29. The Bertz CT molecular complexity index is 805. The van der Waals surface area contributed by atoms with Crippen LogP contribution < -0.4 is 0 Å². The van der Waals surface area contributed by atoms with E-state index in [1.165, 1.54) is 29.0 Å². The third kappa shape index (κ3) is 2.56. The molecule has 1 saturated carbocycles. The van der Waals surface area contributed by atoms with Crippen LogP contribution in [0.4, 0.5) is 0 Å². The highest BCUT2D eigenvalue weighted by molar-refractivity contribution is 7.18. The van der Waals surface area contributed by atoms with Crippen molar-refractivity contribution in [2.24, 2.45) is 0 Å². The first-order valence-corrected chi connectivity index (χ1v) is 9.10. The van der Waals surface area contributed by atoms with Crippen molar-refractivity contribution in [2.75, 3.05) is 6.54 Å². The van der Waals surface area contributed by atoms with E-state index in [0.717, 1.165) is 36.7 Å². The zero-order chi connectivity index (χ0) is 15.2. The van der Waals surface area contributed by atoms with Gasteiger partial charge in [0.05, 0.1) is 22.8 Å². The average molecular weight is 326 g/mol. The van der Waals surface area contributed by atoms with E-state index in [0.29, 0.717) is 12.0 Å². The van der Waals surface area contributed by atoms with E-state index in [1.54, 1.807) is 0 Å². The molecule has 5 nitrogen and oxygen atoms in total. The second-order valence-electron chi connectivity index (χ2n) is 6.47. The van der Waals surface area contributed by atoms with Gasteiger partial charge >= 0.3 is 0 Å². The van der Waals surface area contributed by atoms with Crippen molar-refractivity contribution in [3.63, 3.8) is 0 Å². The molecule has 0 amide bonds. The molecule has 0 bridgehead atoms. The van der Waals surface area contributed by atoms with Gasteiger partial charge in [0, 0.05) is 5.92 Å². The third-order valence-corrected chi connectivity index (χ3v) is 5.86. The number of hydrogen-bond donors (Lipinski definition) is 0. The molecule has 6 heteroatoms. The van der Waals surface area contributed by atoms with Gasteiger partial charge in [-0.15, -0.1) is 11.3 Å². The zero-order valence-electron chi connectivity index (χ0n) is 12.8. The summed E-state index contributed by atoms with van der Waals surface area (Å²) in [6.45, 7) is 1.81. The minimum Gasteiger partial charge on any atom is -0.338 e. The van der Waals surface area contributed by atoms with Crippen LogP contribution in [0.2, 0.25) is 0 Å². The third-order valence-electron chi connectivity index (χ3n) is 4.72. The van der Waals surface area contributed by atoms with Crippen molar-refractivity contribution in [1.29, 1.82) is 0 Å². The standard InChI is InChI=1S/C17H18N4OS/c1-2-6-14-12(4-1)18-17(23-14)13-5-3-9-21(13)10-15-19-16(20-22-15)11-7-8-11/h1-2,4,6,11,13H,3,5,7-10H2/t13-/m0/s1. The van der Waals surface area contributed by atoms with Gasteiger partial charge in [0.2, 0.25) is 5.89 Å². The molecule has 118 valence electrons. The van der Waals surface area contributed by atoms with E-state index in [1.807, 2.05) is 11.3 Å². The molecule has 0 radical (unpaired) electrons. The van der Waals surface area contributed by atoms with E-state index >= 15 is 0 Å². The molecular formula is C17H18N4OS. The molecule has 0 unspecified atom stereocenters. The fourth-order valence-electron chi connectivity index (χ4n) is 3.34. The summed E-state index contributed by atoms with van der Waals surface area (Å²) in [6, 6.07) is 8.75. The fraction of sp³-hybridized carbons (Fsp3) is 0.471. The molecule has 2 fully saturated rings. The first kappa shape index (κ1) is 13.6. The molecule has 2 aromatic heterocycles. The molecule has 1 saturated heterocycles. The summed E-state index contributed by atoms with van der Waals surface area (Å²) < 4.78 is 6.72. The van der Waals surface area contributed by atoms with Gasteiger partial charge in [-0.3, -0.25) is 4.90 Å². The number of para-hydroxylation sites is 1. The molecule has 2 aliphatic rings. The molecule has 3 aromatic rings. The van der Waals surface area contributed by atoms with E-state index in [4.69, 9.17) is 9.51 Å². The van der Waals surface area contributed by atoms with Crippen LogP contribution in [0, 0.1) is 0 Å². The van der Waals surface area contributed by atoms with Gasteiger partial charge in [-0.25, -0.2) is 4.98 Å². The Labute approximate surface area is 138 Å². The molecule has 5 rings (SSSR count). The van der Waals surface area contributed by atoms with Crippen LogP contribution in [0.5, 0.6) is 0 Å². The second kappa shape index (κ2) is 5.39. The van der Waals surface area contributed by atoms with Crippen LogP contribution in [0.1, 0.15) is 54.4 Å². The summed E-state index contributed by atoms with van der Waals surface area (Å²) in [5.74, 6) is 2.20. The molecule has 1 aliphatic carbocycles. The summed E-state index contributed by atoms with van der Waals surface area (Å²) in [4.78, 5) is 11.8. The van der Waals surface area contributed by atoms with E-state index in [2.05, 4.69) is 39.3 Å². The van der Waals surface area contributed by atoms with E-state index in [9.17, 15) is 0 Å². The lowest BCUT2D eigenvalue weighted by molar-refractivity contribution is 0.212. The topological polar surface area (TPSA) is 55.1 Å². The molecular weight excluding hydrogens is 308 g/mol. The SMILES string of the molecule is c1ccc2sc([C@@H]3CCCN3Cc3nc(C4CC4)no3)nc2c1. The van der Waals surface area contributed by atoms with Crippen LogP contribution in [-0.4, -0.2) is 26.6 Å². The average Bonchev–Trinajstić information content (AvgIpc) is 3.00. The monoisotopic (exact) mass is 326 g/mol. The molecule has 1 aliphatic heterocycles. The number of rotatable bonds is 4. The quantitative estimate of drug-likeness (QED) is 0.728. The predicted octanol–water partition coefficient (Wildman–Crippen LogP) is 3.89. The fourth-order valence-corrected chi connectivity index (χ4v) is 4.48. The number of hydrogen-bond acceptors (Lipinski definition) is 6. The highest BCUT2D eigenvalue weighted by Crippen LogP contribution is 2.39. The lowest BCUT2D eigenvalue weighted by Crippen LogP contribution is -2.22. The molecule has 1 aromatic carbocycles. The number of aromatic nitrogens is 3. The molecule has 23 heavy (non-hydrogen) atoms. The number of thiazole rings is 1. The molecule has 1 atom stereocenters. The van der Waals surface area contributed by atoms with Crippen LogP contribution in [0.3, 0.4) is 0 Å². The van der Waals surface area contributed by atoms with Crippen molar-refractivity contribution in [3.05, 3.63) is 41.0 Å². The Morgan fingerprint density at radius 2 is 2.09 bits per heavy atom. The minimum atomic E-state index is 0.378. The maximum atomic E-state index is 5.45. The Balaban J connectivity index is 1.38. The van der Waals surface area contributed by atoms with Gasteiger partial charge in [0.1, 0.15) is 5.01 Å². The van der Waals surface area contributed by atoms with Crippen molar-refractivity contribution < 1.29 is 4.52 Å². The summed E-state index contributed by atoms with van der Waals surface area (Å²) >= 11 is 1.81. The second-order valence-corrected chi connectivity index (χ2v) is 7.53. The van der Waals surface area contributed by atoms with E-state index < -0.39 is 0 Å². The van der Waals surface area contributed by atoms with Gasteiger partial charge in [0.25, 0.3) is 0 Å². The van der Waals surface area contributed by atoms with Crippen molar-refractivity contribution >= 4 is 21.6 Å². The lowest BCUT2D eigenvalue weighted by Gasteiger charge is -2.20. The summed E-state index contributed by atoms with van der Waals surface area (Å²) in [6.07, 6.45) is 4.77. The van der Waals surface area contributed by atoms with E-state index in [-0.39, 0.29) is 0 Å². The normalized spacial score (nSPS) is 22.2. The Morgan fingerprint density at radius 1 is 1.17 bits per heavy atom. The predicted molar refractivity (Wildman–Crippen MR) is 88.3 cm³/mol. The van der Waals surface area contributed by atoms with Crippen LogP contribution in [0.15, 0.2) is 28.8 Å². The molecule has 0 N–H and O–H groups in total. The molecule has 3 heterocycles. The van der Waals surface area contributed by atoms with Crippen molar-refractivity contribution in [3.8, 4) is 0 Å². The zero-order valence-corrected chi connectivity index (χ0v) is 13.6. The maximum absolute atomic E-state index is 5.45. The number of fused-ring (bicyclic) bond motifs is 1.